The molecule has 0 unspecified atom stereocenters. The number of rotatable bonds is 6. The van der Waals surface area contributed by atoms with E-state index in [1.54, 1.807) is 0 Å². The van der Waals surface area contributed by atoms with E-state index < -0.39 is 0 Å². The maximum Gasteiger partial charge on any atom is 0.494 e. The normalized spacial score (nSPS) is 39.0. The number of aliphatic hydroxyl groups is 1. The molecular weight excluding hydrogens is 385 g/mol. The number of aliphatic hydroxyl groups excluding tert-OH is 1. The Labute approximate surface area is 188 Å². The molecule has 3 N–H and O–H groups in total. The number of benzene rings is 1. The third-order valence-electron chi connectivity index (χ3n) is 9.61. The van der Waals surface area contributed by atoms with Gasteiger partial charge < -0.3 is 20.1 Å². The first-order chi connectivity index (χ1) is 14.6. The minimum Gasteiger partial charge on any atom is -0.399 e. The van der Waals surface area contributed by atoms with Gasteiger partial charge in [0.05, 0.1) is 11.2 Å². The summed E-state index contributed by atoms with van der Waals surface area (Å²) in [7, 11) is -0.280. The summed E-state index contributed by atoms with van der Waals surface area (Å²) in [5.41, 5.74) is 9.57. The SMILES string of the molecule is CC1(C)OB(c2ccc(C34CC(C[C@@H](N)C5CCC(CO)CC5)(C3)C4)cc2)OC1(C)C. The van der Waals surface area contributed by atoms with E-state index >= 15 is 0 Å². The van der Waals surface area contributed by atoms with Crippen molar-refractivity contribution in [1.29, 1.82) is 0 Å². The molecule has 0 amide bonds. The standard InChI is InChI=1S/C26H40BNO3/c1-23(2)24(3,4)31-27(30-23)21-11-9-20(10-12-21)26-15-25(16-26,17-26)13-22(28)19-7-5-18(14-29)6-8-19/h9-12,18-19,22,29H,5-8,13-17,28H2,1-4H3/t18?,19?,22-,25?,26?/m1/s1. The zero-order valence-corrected chi connectivity index (χ0v) is 19.8. The van der Waals surface area contributed by atoms with Gasteiger partial charge in [0.1, 0.15) is 0 Å². The van der Waals surface area contributed by atoms with Crippen molar-refractivity contribution in [1.82, 2.24) is 0 Å². The van der Waals surface area contributed by atoms with Gasteiger partial charge in [-0.25, -0.2) is 0 Å². The van der Waals surface area contributed by atoms with Crippen LogP contribution in [0.15, 0.2) is 24.3 Å². The molecule has 170 valence electrons. The smallest absolute Gasteiger partial charge is 0.399 e. The quantitative estimate of drug-likeness (QED) is 0.678. The molecule has 5 heteroatoms. The lowest BCUT2D eigenvalue weighted by atomic mass is 9.32. The molecule has 6 rings (SSSR count). The highest BCUT2D eigenvalue weighted by atomic mass is 16.7. The van der Waals surface area contributed by atoms with Gasteiger partial charge in [-0.05, 0) is 113 Å². The summed E-state index contributed by atoms with van der Waals surface area (Å²) in [6.07, 6.45) is 9.81. The van der Waals surface area contributed by atoms with Crippen LogP contribution in [-0.4, -0.2) is 36.1 Å². The Morgan fingerprint density at radius 3 is 2.03 bits per heavy atom. The van der Waals surface area contributed by atoms with Crippen LogP contribution in [0.3, 0.4) is 0 Å². The minimum absolute atomic E-state index is 0.280. The van der Waals surface area contributed by atoms with Crippen LogP contribution in [0, 0.1) is 17.3 Å². The van der Waals surface area contributed by atoms with Gasteiger partial charge >= 0.3 is 7.12 Å². The Morgan fingerprint density at radius 2 is 1.52 bits per heavy atom. The second-order valence-electron chi connectivity index (χ2n) is 12.4. The highest BCUT2D eigenvalue weighted by Crippen LogP contribution is 2.75. The van der Waals surface area contributed by atoms with Crippen molar-refractivity contribution >= 4 is 12.6 Å². The van der Waals surface area contributed by atoms with Crippen molar-refractivity contribution in [3.05, 3.63) is 29.8 Å². The summed E-state index contributed by atoms with van der Waals surface area (Å²) in [6, 6.07) is 9.36. The Kier molecular flexibility index (Phi) is 5.18. The molecule has 1 heterocycles. The molecule has 1 atom stereocenters. The lowest BCUT2D eigenvalue weighted by Gasteiger charge is -2.72. The molecule has 1 aliphatic heterocycles. The minimum atomic E-state index is -0.299. The van der Waals surface area contributed by atoms with Crippen LogP contribution in [0.5, 0.6) is 0 Å². The molecule has 5 fully saturated rings. The fourth-order valence-electron chi connectivity index (χ4n) is 6.96. The predicted molar refractivity (Wildman–Crippen MR) is 125 cm³/mol. The number of hydrogen-bond acceptors (Lipinski definition) is 4. The largest absolute Gasteiger partial charge is 0.494 e. The summed E-state index contributed by atoms with van der Waals surface area (Å²) in [4.78, 5) is 0. The van der Waals surface area contributed by atoms with Crippen LogP contribution in [0.1, 0.15) is 84.6 Å². The molecule has 31 heavy (non-hydrogen) atoms. The van der Waals surface area contributed by atoms with E-state index in [4.69, 9.17) is 15.0 Å². The van der Waals surface area contributed by atoms with Crippen molar-refractivity contribution < 1.29 is 14.4 Å². The Bertz CT molecular complexity index is 777. The maximum atomic E-state index is 9.37. The second-order valence-corrected chi connectivity index (χ2v) is 12.4. The number of hydrogen-bond donors (Lipinski definition) is 2. The molecule has 4 nitrogen and oxygen atoms in total. The summed E-state index contributed by atoms with van der Waals surface area (Å²) >= 11 is 0. The monoisotopic (exact) mass is 425 g/mol. The first-order valence-electron chi connectivity index (χ1n) is 12.4. The molecule has 1 aromatic carbocycles. The van der Waals surface area contributed by atoms with E-state index in [9.17, 15) is 5.11 Å². The van der Waals surface area contributed by atoms with E-state index in [2.05, 4.69) is 52.0 Å². The molecule has 4 saturated carbocycles. The molecule has 1 aromatic rings. The molecule has 0 spiro atoms. The molecular formula is C26H40BNO3. The average molecular weight is 425 g/mol. The van der Waals surface area contributed by atoms with Gasteiger partial charge in [0, 0.05) is 12.6 Å². The van der Waals surface area contributed by atoms with E-state index in [1.165, 1.54) is 44.1 Å². The van der Waals surface area contributed by atoms with Crippen LogP contribution in [0.2, 0.25) is 0 Å². The van der Waals surface area contributed by atoms with Crippen molar-refractivity contribution in [2.24, 2.45) is 23.0 Å². The Morgan fingerprint density at radius 1 is 0.968 bits per heavy atom. The van der Waals surface area contributed by atoms with Crippen LogP contribution >= 0.6 is 0 Å². The first-order valence-corrected chi connectivity index (χ1v) is 12.4. The van der Waals surface area contributed by atoms with Crippen molar-refractivity contribution in [2.75, 3.05) is 6.61 Å². The van der Waals surface area contributed by atoms with E-state index in [0.29, 0.717) is 35.3 Å². The lowest BCUT2D eigenvalue weighted by Crippen LogP contribution is -2.66. The van der Waals surface area contributed by atoms with E-state index in [1.807, 2.05) is 0 Å². The predicted octanol–water partition coefficient (Wildman–Crippen LogP) is 3.92. The molecule has 5 aliphatic rings. The van der Waals surface area contributed by atoms with Gasteiger partial charge in [0.25, 0.3) is 0 Å². The van der Waals surface area contributed by atoms with Gasteiger partial charge in [0.15, 0.2) is 0 Å². The summed E-state index contributed by atoms with van der Waals surface area (Å²) in [6.45, 7) is 8.76. The van der Waals surface area contributed by atoms with Crippen LogP contribution < -0.4 is 11.2 Å². The summed E-state index contributed by atoms with van der Waals surface area (Å²) in [5.74, 6) is 1.17. The van der Waals surface area contributed by atoms with Crippen LogP contribution in [-0.2, 0) is 14.7 Å². The van der Waals surface area contributed by atoms with Gasteiger partial charge in [-0.2, -0.15) is 0 Å². The van der Waals surface area contributed by atoms with Crippen LogP contribution in [0.25, 0.3) is 0 Å². The molecule has 4 aliphatic carbocycles. The van der Waals surface area contributed by atoms with Crippen molar-refractivity contribution in [3.8, 4) is 0 Å². The van der Waals surface area contributed by atoms with Crippen LogP contribution in [0.4, 0.5) is 0 Å². The Hall–Kier alpha value is -0.875. The van der Waals surface area contributed by atoms with Crippen molar-refractivity contribution in [3.63, 3.8) is 0 Å². The Balaban J connectivity index is 1.16. The topological polar surface area (TPSA) is 64.7 Å². The fourth-order valence-corrected chi connectivity index (χ4v) is 6.96. The second kappa shape index (κ2) is 7.31. The zero-order valence-electron chi connectivity index (χ0n) is 19.8. The van der Waals surface area contributed by atoms with Gasteiger partial charge in [0.2, 0.25) is 0 Å². The highest BCUT2D eigenvalue weighted by Gasteiger charge is 2.68. The maximum absolute atomic E-state index is 9.37. The van der Waals surface area contributed by atoms with Gasteiger partial charge in [-0.15, -0.1) is 0 Å². The van der Waals surface area contributed by atoms with E-state index in [0.717, 1.165) is 18.3 Å². The summed E-state index contributed by atoms with van der Waals surface area (Å²) in [5, 5.41) is 9.37. The number of nitrogens with two attached hydrogens (primary N) is 1. The summed E-state index contributed by atoms with van der Waals surface area (Å²) < 4.78 is 12.4. The molecule has 1 saturated heterocycles. The van der Waals surface area contributed by atoms with Gasteiger partial charge in [-0.3, -0.25) is 0 Å². The molecule has 0 aromatic heterocycles. The third-order valence-corrected chi connectivity index (χ3v) is 9.61. The molecule has 0 radical (unpaired) electrons. The highest BCUT2D eigenvalue weighted by molar-refractivity contribution is 6.62. The zero-order chi connectivity index (χ0) is 22.1. The van der Waals surface area contributed by atoms with Gasteiger partial charge in [-0.1, -0.05) is 24.3 Å². The fraction of sp³-hybridized carbons (Fsp3) is 0.769. The van der Waals surface area contributed by atoms with Crippen molar-refractivity contribution in [2.45, 2.75) is 102 Å². The first kappa shape index (κ1) is 21.9. The van der Waals surface area contributed by atoms with E-state index in [-0.39, 0.29) is 18.3 Å². The average Bonchev–Trinajstić information content (AvgIpc) is 2.91. The molecule has 2 bridgehead atoms. The third kappa shape index (κ3) is 3.60. The lowest BCUT2D eigenvalue weighted by molar-refractivity contribution is -0.152.